The van der Waals surface area contributed by atoms with Gasteiger partial charge in [0, 0.05) is 4.47 Å². The molecule has 0 spiro atoms. The Morgan fingerprint density at radius 1 is 1.44 bits per heavy atom. The molecule has 0 aliphatic heterocycles. The smallest absolute Gasteiger partial charge is 0.237 e. The second-order valence-electron chi connectivity index (χ2n) is 2.88. The molecule has 80 valence electrons. The third kappa shape index (κ3) is 2.96. The van der Waals surface area contributed by atoms with E-state index in [9.17, 15) is 0 Å². The van der Waals surface area contributed by atoms with Crippen molar-refractivity contribution in [3.63, 3.8) is 0 Å². The molecule has 0 aliphatic carbocycles. The van der Waals surface area contributed by atoms with E-state index in [1.807, 2.05) is 6.92 Å². The van der Waals surface area contributed by atoms with Gasteiger partial charge in [0.2, 0.25) is 5.71 Å². The monoisotopic (exact) mass is 296 g/mol. The summed E-state index contributed by atoms with van der Waals surface area (Å²) in [4.78, 5) is 0. The molecule has 16 heavy (non-hydrogen) atoms. The number of hydrazone groups is 1. The molecule has 4 nitrogen and oxygen atoms in total. The zero-order chi connectivity index (χ0) is 12.1. The Labute approximate surface area is 106 Å². The van der Waals surface area contributed by atoms with Gasteiger partial charge in [0.05, 0.1) is 10.7 Å². The fraction of sp³-hybridized carbons (Fsp3) is 0.100. The van der Waals surface area contributed by atoms with Crippen LogP contribution in [0.25, 0.3) is 0 Å². The summed E-state index contributed by atoms with van der Waals surface area (Å²) in [6, 6.07) is 6.79. The Morgan fingerprint density at radius 3 is 2.62 bits per heavy atom. The molecule has 1 aromatic rings. The lowest BCUT2D eigenvalue weighted by atomic mass is 10.2. The molecule has 0 amide bonds. The standard InChI is InChI=1S/C10H6BrClN4/c1-6-2-9(12)8(11)3-10(6)16-15-7(4-13)5-14/h2-3,16H,1H3. The minimum Gasteiger partial charge on any atom is -0.276 e. The number of rotatable bonds is 2. The molecular formula is C10H6BrClN4. The summed E-state index contributed by atoms with van der Waals surface area (Å²) in [5.41, 5.74) is 3.95. The van der Waals surface area contributed by atoms with Gasteiger partial charge in [-0.15, -0.1) is 0 Å². The average Bonchev–Trinajstić information content (AvgIpc) is 2.26. The number of nitriles is 2. The second kappa shape index (κ2) is 5.50. The van der Waals surface area contributed by atoms with Crippen molar-refractivity contribution in [3.05, 3.63) is 27.2 Å². The fourth-order valence-electron chi connectivity index (χ4n) is 0.958. The molecule has 0 unspecified atom stereocenters. The Kier molecular flexibility index (Phi) is 4.30. The van der Waals surface area contributed by atoms with Crippen LogP contribution in [0.2, 0.25) is 5.02 Å². The molecule has 0 saturated carbocycles. The molecule has 0 aliphatic rings. The number of aryl methyl sites for hydroxylation is 1. The molecule has 1 N–H and O–H groups in total. The van der Waals surface area contributed by atoms with Crippen molar-refractivity contribution >= 4 is 38.9 Å². The third-order valence-electron chi connectivity index (χ3n) is 1.77. The maximum absolute atomic E-state index is 8.50. The molecule has 0 bridgehead atoms. The van der Waals surface area contributed by atoms with Crippen molar-refractivity contribution in [2.45, 2.75) is 6.92 Å². The summed E-state index contributed by atoms with van der Waals surface area (Å²) in [6.07, 6.45) is 0. The van der Waals surface area contributed by atoms with Crippen LogP contribution < -0.4 is 5.43 Å². The predicted molar refractivity (Wildman–Crippen MR) is 66.2 cm³/mol. The number of halogens is 2. The van der Waals surface area contributed by atoms with E-state index < -0.39 is 0 Å². The molecule has 1 aromatic carbocycles. The predicted octanol–water partition coefficient (Wildman–Crippen LogP) is 3.23. The lowest BCUT2D eigenvalue weighted by Gasteiger charge is -2.06. The molecule has 0 saturated heterocycles. The topological polar surface area (TPSA) is 72.0 Å². The number of benzene rings is 1. The minimum atomic E-state index is -0.231. The summed E-state index contributed by atoms with van der Waals surface area (Å²) in [6.45, 7) is 1.84. The van der Waals surface area contributed by atoms with E-state index in [0.29, 0.717) is 15.2 Å². The molecule has 0 heterocycles. The number of nitrogens with one attached hydrogen (secondary N) is 1. The molecule has 0 fully saturated rings. The van der Waals surface area contributed by atoms with E-state index in [4.69, 9.17) is 22.1 Å². The molecule has 0 atom stereocenters. The van der Waals surface area contributed by atoms with Gasteiger partial charge < -0.3 is 0 Å². The Bertz CT molecular complexity index is 509. The first-order valence-electron chi connectivity index (χ1n) is 4.18. The first-order chi connectivity index (χ1) is 7.58. The Morgan fingerprint density at radius 2 is 2.06 bits per heavy atom. The Balaban J connectivity index is 3.01. The van der Waals surface area contributed by atoms with E-state index in [2.05, 4.69) is 26.5 Å². The highest BCUT2D eigenvalue weighted by Gasteiger charge is 2.03. The average molecular weight is 298 g/mol. The first-order valence-corrected chi connectivity index (χ1v) is 5.35. The zero-order valence-corrected chi connectivity index (χ0v) is 10.6. The van der Waals surface area contributed by atoms with E-state index in [1.165, 1.54) is 0 Å². The number of hydrogen-bond donors (Lipinski definition) is 1. The Hall–Kier alpha value is -1.56. The maximum atomic E-state index is 8.50. The van der Waals surface area contributed by atoms with E-state index in [1.54, 1.807) is 24.3 Å². The van der Waals surface area contributed by atoms with Gasteiger partial charge in [-0.25, -0.2) is 0 Å². The largest absolute Gasteiger partial charge is 0.276 e. The van der Waals surface area contributed by atoms with Crippen LogP contribution in [0.5, 0.6) is 0 Å². The summed E-state index contributed by atoms with van der Waals surface area (Å²) in [5.74, 6) is 0. The van der Waals surface area contributed by atoms with E-state index in [-0.39, 0.29) is 5.71 Å². The summed E-state index contributed by atoms with van der Waals surface area (Å²) in [5, 5.41) is 21.2. The van der Waals surface area contributed by atoms with Crippen molar-refractivity contribution in [2.75, 3.05) is 5.43 Å². The minimum absolute atomic E-state index is 0.231. The van der Waals surface area contributed by atoms with Crippen LogP contribution in [0, 0.1) is 29.6 Å². The molecule has 6 heteroatoms. The quantitative estimate of drug-likeness (QED) is 0.673. The number of nitrogens with zero attached hydrogens (tertiary/aromatic N) is 3. The molecule has 0 radical (unpaired) electrons. The van der Waals surface area contributed by atoms with Crippen LogP contribution in [0.15, 0.2) is 21.7 Å². The van der Waals surface area contributed by atoms with Crippen molar-refractivity contribution < 1.29 is 0 Å². The fourth-order valence-corrected chi connectivity index (χ4v) is 1.52. The van der Waals surface area contributed by atoms with E-state index >= 15 is 0 Å². The normalized spacial score (nSPS) is 8.81. The van der Waals surface area contributed by atoms with Crippen LogP contribution in [-0.4, -0.2) is 5.71 Å². The van der Waals surface area contributed by atoms with Gasteiger partial charge in [0.15, 0.2) is 0 Å². The van der Waals surface area contributed by atoms with Gasteiger partial charge >= 0.3 is 0 Å². The number of anilines is 1. The van der Waals surface area contributed by atoms with Gasteiger partial charge in [-0.2, -0.15) is 15.6 Å². The van der Waals surface area contributed by atoms with Crippen LogP contribution in [-0.2, 0) is 0 Å². The lowest BCUT2D eigenvalue weighted by Crippen LogP contribution is -1.98. The molecule has 1 rings (SSSR count). The van der Waals surface area contributed by atoms with Crippen molar-refractivity contribution in [3.8, 4) is 12.1 Å². The van der Waals surface area contributed by atoms with Crippen molar-refractivity contribution in [2.24, 2.45) is 5.10 Å². The summed E-state index contributed by atoms with van der Waals surface area (Å²) >= 11 is 9.16. The maximum Gasteiger partial charge on any atom is 0.237 e. The molecular weight excluding hydrogens is 291 g/mol. The third-order valence-corrected chi connectivity index (χ3v) is 2.96. The SMILES string of the molecule is Cc1cc(Cl)c(Br)cc1NN=C(C#N)C#N. The van der Waals surface area contributed by atoms with E-state index in [0.717, 1.165) is 5.56 Å². The highest BCUT2D eigenvalue weighted by Crippen LogP contribution is 2.28. The van der Waals surface area contributed by atoms with Gasteiger partial charge in [0.25, 0.3) is 0 Å². The van der Waals surface area contributed by atoms with Crippen molar-refractivity contribution in [1.82, 2.24) is 0 Å². The highest BCUT2D eigenvalue weighted by molar-refractivity contribution is 9.10. The lowest BCUT2D eigenvalue weighted by molar-refractivity contribution is 1.30. The van der Waals surface area contributed by atoms with Crippen LogP contribution >= 0.6 is 27.5 Å². The zero-order valence-electron chi connectivity index (χ0n) is 8.25. The van der Waals surface area contributed by atoms with Gasteiger partial charge in [-0.1, -0.05) is 11.6 Å². The van der Waals surface area contributed by atoms with Crippen LogP contribution in [0.4, 0.5) is 5.69 Å². The van der Waals surface area contributed by atoms with Gasteiger partial charge in [-0.05, 0) is 40.5 Å². The van der Waals surface area contributed by atoms with Crippen LogP contribution in [0.1, 0.15) is 5.56 Å². The summed E-state index contributed by atoms with van der Waals surface area (Å²) in [7, 11) is 0. The van der Waals surface area contributed by atoms with Gasteiger partial charge in [-0.3, -0.25) is 5.43 Å². The highest BCUT2D eigenvalue weighted by atomic mass is 79.9. The van der Waals surface area contributed by atoms with Crippen LogP contribution in [0.3, 0.4) is 0 Å². The second-order valence-corrected chi connectivity index (χ2v) is 4.14. The summed E-state index contributed by atoms with van der Waals surface area (Å²) < 4.78 is 0.716. The van der Waals surface area contributed by atoms with Crippen molar-refractivity contribution in [1.29, 1.82) is 10.5 Å². The first kappa shape index (κ1) is 12.5. The molecule has 0 aromatic heterocycles. The van der Waals surface area contributed by atoms with Gasteiger partial charge in [0.1, 0.15) is 12.1 Å². The number of hydrogen-bond acceptors (Lipinski definition) is 4.